The molecule has 4 rings (SSSR count). The van der Waals surface area contributed by atoms with Crippen molar-refractivity contribution in [3.8, 4) is 5.75 Å². The summed E-state index contributed by atoms with van der Waals surface area (Å²) >= 11 is 1.68. The Kier molecular flexibility index (Phi) is 5.55. The number of benzene rings is 1. The Balaban J connectivity index is 1.57. The summed E-state index contributed by atoms with van der Waals surface area (Å²) in [6, 6.07) is 12.1. The molecule has 0 aliphatic carbocycles. The van der Waals surface area contributed by atoms with Crippen LogP contribution in [0.3, 0.4) is 0 Å². The van der Waals surface area contributed by atoms with Crippen molar-refractivity contribution in [3.05, 3.63) is 52.2 Å². The second kappa shape index (κ2) is 8.23. The molecule has 1 saturated heterocycles. The summed E-state index contributed by atoms with van der Waals surface area (Å²) in [6.45, 7) is 2.72. The number of carbonyl (C=O) groups excluding carboxylic acids is 1. The van der Waals surface area contributed by atoms with E-state index in [0.29, 0.717) is 6.54 Å². The molecule has 1 aromatic heterocycles. The van der Waals surface area contributed by atoms with Gasteiger partial charge in [0.25, 0.3) is 5.91 Å². The third-order valence-corrected chi connectivity index (χ3v) is 6.35. The molecular formula is C21H26N3O2S+. The Morgan fingerprint density at radius 2 is 2.00 bits per heavy atom. The van der Waals surface area contributed by atoms with Crippen molar-refractivity contribution in [1.29, 1.82) is 0 Å². The largest absolute Gasteiger partial charge is 0.497 e. The summed E-state index contributed by atoms with van der Waals surface area (Å²) in [5.74, 6) is 0.950. The van der Waals surface area contributed by atoms with E-state index in [0.717, 1.165) is 41.4 Å². The zero-order chi connectivity index (χ0) is 18.6. The maximum absolute atomic E-state index is 13.1. The molecule has 1 fully saturated rings. The van der Waals surface area contributed by atoms with Crippen LogP contribution in [-0.4, -0.2) is 43.4 Å². The van der Waals surface area contributed by atoms with Crippen LogP contribution in [0.2, 0.25) is 0 Å². The molecule has 2 aliphatic heterocycles. The minimum Gasteiger partial charge on any atom is -0.497 e. The molecule has 0 radical (unpaired) electrons. The number of hydrazone groups is 1. The highest BCUT2D eigenvalue weighted by atomic mass is 32.1. The second-order valence-corrected chi connectivity index (χ2v) is 8.19. The van der Waals surface area contributed by atoms with Crippen molar-refractivity contribution in [2.24, 2.45) is 5.10 Å². The van der Waals surface area contributed by atoms with Gasteiger partial charge in [0, 0.05) is 6.42 Å². The summed E-state index contributed by atoms with van der Waals surface area (Å²) < 4.78 is 5.28. The van der Waals surface area contributed by atoms with Gasteiger partial charge in [-0.15, -0.1) is 11.3 Å². The van der Waals surface area contributed by atoms with E-state index in [-0.39, 0.29) is 11.9 Å². The van der Waals surface area contributed by atoms with E-state index >= 15 is 0 Å². The number of carbonyl (C=O) groups is 1. The van der Waals surface area contributed by atoms with Crippen LogP contribution in [0.4, 0.5) is 0 Å². The predicted molar refractivity (Wildman–Crippen MR) is 107 cm³/mol. The number of quaternary nitrogens is 1. The van der Waals surface area contributed by atoms with Crippen LogP contribution in [0, 0.1) is 0 Å². The Bertz CT molecular complexity index is 795. The molecule has 1 N–H and O–H groups in total. The maximum atomic E-state index is 13.1. The molecule has 2 aromatic rings. The third-order valence-electron chi connectivity index (χ3n) is 5.43. The van der Waals surface area contributed by atoms with E-state index in [4.69, 9.17) is 9.84 Å². The molecule has 1 amide bonds. The number of nitrogens with one attached hydrogen (secondary N) is 1. The van der Waals surface area contributed by atoms with Crippen LogP contribution < -0.4 is 9.64 Å². The van der Waals surface area contributed by atoms with Gasteiger partial charge in [-0.2, -0.15) is 5.10 Å². The molecule has 0 saturated carbocycles. The van der Waals surface area contributed by atoms with Crippen LogP contribution in [0.15, 0.2) is 46.9 Å². The molecule has 0 unspecified atom stereocenters. The van der Waals surface area contributed by atoms with Crippen molar-refractivity contribution in [1.82, 2.24) is 5.01 Å². The van der Waals surface area contributed by atoms with Crippen LogP contribution in [-0.2, 0) is 4.79 Å². The fourth-order valence-electron chi connectivity index (χ4n) is 3.94. The molecule has 6 heteroatoms. The Morgan fingerprint density at radius 1 is 1.22 bits per heavy atom. The maximum Gasteiger partial charge on any atom is 0.298 e. The topological polar surface area (TPSA) is 46.3 Å². The monoisotopic (exact) mass is 384 g/mol. The van der Waals surface area contributed by atoms with Gasteiger partial charge in [-0.1, -0.05) is 18.2 Å². The number of amides is 1. The van der Waals surface area contributed by atoms with Gasteiger partial charge in [0.1, 0.15) is 5.75 Å². The minimum absolute atomic E-state index is 0.0373. The molecular weight excluding hydrogens is 358 g/mol. The summed E-state index contributed by atoms with van der Waals surface area (Å²) in [5.41, 5.74) is 2.11. The number of thiophene rings is 1. The summed E-state index contributed by atoms with van der Waals surface area (Å²) in [4.78, 5) is 15.6. The van der Waals surface area contributed by atoms with Crippen molar-refractivity contribution in [3.63, 3.8) is 0 Å². The molecule has 5 nitrogen and oxygen atoms in total. The van der Waals surface area contributed by atoms with E-state index in [1.54, 1.807) is 23.5 Å². The molecule has 3 heterocycles. The van der Waals surface area contributed by atoms with Crippen LogP contribution in [0.1, 0.15) is 42.2 Å². The first kappa shape index (κ1) is 18.2. The Hall–Kier alpha value is -2.18. The lowest BCUT2D eigenvalue weighted by atomic mass is 10.0. The van der Waals surface area contributed by atoms with Gasteiger partial charge in [-0.25, -0.2) is 5.01 Å². The summed E-state index contributed by atoms with van der Waals surface area (Å²) in [6.07, 6.45) is 4.48. The lowest BCUT2D eigenvalue weighted by Gasteiger charge is -2.27. The smallest absolute Gasteiger partial charge is 0.298 e. The minimum atomic E-state index is -0.0373. The summed E-state index contributed by atoms with van der Waals surface area (Å²) in [5, 5.41) is 8.56. The summed E-state index contributed by atoms with van der Waals surface area (Å²) in [7, 11) is 1.67. The number of methoxy groups -OCH3 is 1. The molecule has 142 valence electrons. The second-order valence-electron chi connectivity index (χ2n) is 7.24. The zero-order valence-corrected chi connectivity index (χ0v) is 16.5. The molecule has 1 aromatic carbocycles. The van der Waals surface area contributed by atoms with Crippen LogP contribution in [0.25, 0.3) is 0 Å². The number of ether oxygens (including phenoxy) is 1. The number of nitrogens with zero attached hydrogens (tertiary/aromatic N) is 2. The van der Waals surface area contributed by atoms with Gasteiger partial charge >= 0.3 is 0 Å². The molecule has 2 aliphatic rings. The number of hydrogen-bond acceptors (Lipinski definition) is 4. The van der Waals surface area contributed by atoms with Crippen molar-refractivity contribution in [2.75, 3.05) is 26.7 Å². The van der Waals surface area contributed by atoms with Gasteiger partial charge in [-0.05, 0) is 48.4 Å². The highest BCUT2D eigenvalue weighted by Crippen LogP contribution is 2.34. The normalized spacial score (nSPS) is 20.6. The predicted octanol–water partition coefficient (Wildman–Crippen LogP) is 2.50. The van der Waals surface area contributed by atoms with E-state index in [9.17, 15) is 4.79 Å². The van der Waals surface area contributed by atoms with E-state index in [2.05, 4.69) is 11.4 Å². The fourth-order valence-corrected chi connectivity index (χ4v) is 4.66. The SMILES string of the molecule is COc1ccc([C@H]2CC(c3cccs3)=NN2C(=O)C[NH+]2CCCCC2)cc1. The number of rotatable bonds is 5. The molecule has 0 spiro atoms. The van der Waals surface area contributed by atoms with Crippen molar-refractivity contribution >= 4 is 23.0 Å². The van der Waals surface area contributed by atoms with Gasteiger partial charge in [0.2, 0.25) is 0 Å². The van der Waals surface area contributed by atoms with Crippen LogP contribution >= 0.6 is 11.3 Å². The van der Waals surface area contributed by atoms with E-state index in [1.807, 2.05) is 30.3 Å². The fraction of sp³-hybridized carbons (Fsp3) is 0.429. The van der Waals surface area contributed by atoms with Gasteiger partial charge < -0.3 is 9.64 Å². The zero-order valence-electron chi connectivity index (χ0n) is 15.7. The average molecular weight is 385 g/mol. The first-order chi connectivity index (χ1) is 13.2. The highest BCUT2D eigenvalue weighted by Gasteiger charge is 2.35. The molecule has 1 atom stereocenters. The lowest BCUT2D eigenvalue weighted by Crippen LogP contribution is -3.13. The first-order valence-electron chi connectivity index (χ1n) is 9.65. The molecule has 0 bridgehead atoms. The van der Waals surface area contributed by atoms with E-state index in [1.165, 1.54) is 24.2 Å². The Morgan fingerprint density at radius 3 is 2.67 bits per heavy atom. The van der Waals surface area contributed by atoms with Crippen LogP contribution in [0.5, 0.6) is 5.75 Å². The van der Waals surface area contributed by atoms with Gasteiger partial charge in [0.05, 0.1) is 36.8 Å². The van der Waals surface area contributed by atoms with Crippen molar-refractivity contribution < 1.29 is 14.4 Å². The third kappa shape index (κ3) is 4.06. The highest BCUT2D eigenvalue weighted by molar-refractivity contribution is 7.12. The lowest BCUT2D eigenvalue weighted by molar-refractivity contribution is -0.897. The Labute approximate surface area is 164 Å². The van der Waals surface area contributed by atoms with Crippen molar-refractivity contribution in [2.45, 2.75) is 31.7 Å². The standard InChI is InChI=1S/C21H25N3O2S/c1-26-17-9-7-16(8-10-17)19-14-18(20-6-5-13-27-20)22-24(19)21(25)15-23-11-3-2-4-12-23/h5-10,13,19H,2-4,11-12,14-15H2,1H3/p+1/t19-/m1/s1. The quantitative estimate of drug-likeness (QED) is 0.861. The molecule has 27 heavy (non-hydrogen) atoms. The first-order valence-corrected chi connectivity index (χ1v) is 10.5. The number of likely N-dealkylation sites (tertiary alicyclic amines) is 1. The number of hydrogen-bond donors (Lipinski definition) is 1. The number of piperidine rings is 1. The van der Waals surface area contributed by atoms with E-state index < -0.39 is 0 Å². The van der Waals surface area contributed by atoms with Gasteiger partial charge in [-0.3, -0.25) is 4.79 Å². The average Bonchev–Trinajstić information content (AvgIpc) is 3.39. The van der Waals surface area contributed by atoms with Gasteiger partial charge in [0.15, 0.2) is 6.54 Å².